The highest BCUT2D eigenvalue weighted by Gasteiger charge is 2.22. The Labute approximate surface area is 95.1 Å². The number of hydrogen-bond donors (Lipinski definition) is 0. The average Bonchev–Trinajstić information content (AvgIpc) is 3.12. The third-order valence-corrected chi connectivity index (χ3v) is 2.39. The summed E-state index contributed by atoms with van der Waals surface area (Å²) in [4.78, 5) is 0. The maximum absolute atomic E-state index is 5.51. The number of benzene rings is 1. The summed E-state index contributed by atoms with van der Waals surface area (Å²) in [5, 5.41) is 0. The molecule has 1 fully saturated rings. The fourth-order valence-corrected chi connectivity index (χ4v) is 1.42. The molecule has 4 heteroatoms. The smallest absolute Gasteiger partial charge is 0.122 e. The molecule has 1 aliphatic heterocycles. The zero-order valence-corrected chi connectivity index (χ0v) is 9.56. The molecule has 1 atom stereocenters. The minimum atomic E-state index is 0.299. The molecular formula is C12H16O4. The van der Waals surface area contributed by atoms with Crippen molar-refractivity contribution in [3.63, 3.8) is 0 Å². The van der Waals surface area contributed by atoms with E-state index in [2.05, 4.69) is 0 Å². The van der Waals surface area contributed by atoms with Crippen LogP contribution in [0.3, 0.4) is 0 Å². The summed E-state index contributed by atoms with van der Waals surface area (Å²) in [5.41, 5.74) is 1.04. The zero-order valence-electron chi connectivity index (χ0n) is 9.56. The van der Waals surface area contributed by atoms with Gasteiger partial charge in [0.15, 0.2) is 0 Å². The first kappa shape index (κ1) is 11.2. The second-order valence-electron chi connectivity index (χ2n) is 3.69. The largest absolute Gasteiger partial charge is 0.497 e. The van der Waals surface area contributed by atoms with Crippen LogP contribution in [-0.4, -0.2) is 33.5 Å². The summed E-state index contributed by atoms with van der Waals surface area (Å²) in [5.74, 6) is 1.56. The molecule has 0 spiro atoms. The Morgan fingerprint density at radius 3 is 2.31 bits per heavy atom. The van der Waals surface area contributed by atoms with Crippen molar-refractivity contribution in [1.29, 1.82) is 0 Å². The second-order valence-corrected chi connectivity index (χ2v) is 3.69. The van der Waals surface area contributed by atoms with E-state index in [1.54, 1.807) is 14.2 Å². The van der Waals surface area contributed by atoms with Gasteiger partial charge < -0.3 is 18.9 Å². The highest BCUT2D eigenvalue weighted by molar-refractivity contribution is 5.38. The van der Waals surface area contributed by atoms with Crippen LogP contribution in [0.25, 0.3) is 0 Å². The van der Waals surface area contributed by atoms with Gasteiger partial charge in [0.1, 0.15) is 17.6 Å². The lowest BCUT2D eigenvalue weighted by molar-refractivity contribution is 0.104. The van der Waals surface area contributed by atoms with Crippen LogP contribution >= 0.6 is 0 Å². The van der Waals surface area contributed by atoms with Crippen molar-refractivity contribution < 1.29 is 18.9 Å². The quantitative estimate of drug-likeness (QED) is 0.688. The SMILES string of the molecule is COc1cc(COC[C@H]2CO2)cc(OC)c1. The van der Waals surface area contributed by atoms with Gasteiger partial charge in [-0.25, -0.2) is 0 Å². The minimum Gasteiger partial charge on any atom is -0.497 e. The van der Waals surface area contributed by atoms with E-state index in [1.165, 1.54) is 0 Å². The van der Waals surface area contributed by atoms with Crippen LogP contribution in [0.5, 0.6) is 11.5 Å². The molecule has 1 aliphatic rings. The van der Waals surface area contributed by atoms with Crippen LogP contribution in [0.4, 0.5) is 0 Å². The fourth-order valence-electron chi connectivity index (χ4n) is 1.42. The molecule has 0 aliphatic carbocycles. The lowest BCUT2D eigenvalue weighted by atomic mass is 10.2. The summed E-state index contributed by atoms with van der Waals surface area (Å²) in [6.45, 7) is 2.02. The Balaban J connectivity index is 1.94. The molecule has 0 saturated carbocycles. The van der Waals surface area contributed by atoms with E-state index in [-0.39, 0.29) is 0 Å². The molecule has 1 aromatic carbocycles. The lowest BCUT2D eigenvalue weighted by Gasteiger charge is -2.08. The highest BCUT2D eigenvalue weighted by atomic mass is 16.6. The third-order valence-electron chi connectivity index (χ3n) is 2.39. The summed E-state index contributed by atoms with van der Waals surface area (Å²) in [7, 11) is 3.27. The van der Waals surface area contributed by atoms with E-state index in [4.69, 9.17) is 18.9 Å². The Kier molecular flexibility index (Phi) is 3.64. The number of rotatable bonds is 6. The molecule has 16 heavy (non-hydrogen) atoms. The molecular weight excluding hydrogens is 208 g/mol. The van der Waals surface area contributed by atoms with Gasteiger partial charge in [-0.05, 0) is 17.7 Å². The maximum atomic E-state index is 5.51. The summed E-state index contributed by atoms with van der Waals surface area (Å²) >= 11 is 0. The molecule has 1 heterocycles. The van der Waals surface area contributed by atoms with Gasteiger partial charge in [-0.15, -0.1) is 0 Å². The van der Waals surface area contributed by atoms with Gasteiger partial charge in [0, 0.05) is 6.07 Å². The maximum Gasteiger partial charge on any atom is 0.122 e. The molecule has 0 radical (unpaired) electrons. The van der Waals surface area contributed by atoms with Crippen molar-refractivity contribution in [1.82, 2.24) is 0 Å². The molecule has 1 aromatic rings. The average molecular weight is 224 g/mol. The minimum absolute atomic E-state index is 0.299. The van der Waals surface area contributed by atoms with Gasteiger partial charge in [0.25, 0.3) is 0 Å². The Bertz CT molecular complexity index is 325. The van der Waals surface area contributed by atoms with Crippen LogP contribution < -0.4 is 9.47 Å². The molecule has 0 amide bonds. The predicted octanol–water partition coefficient (Wildman–Crippen LogP) is 1.62. The predicted molar refractivity (Wildman–Crippen MR) is 58.9 cm³/mol. The van der Waals surface area contributed by atoms with Crippen molar-refractivity contribution in [3.05, 3.63) is 23.8 Å². The van der Waals surface area contributed by atoms with Crippen LogP contribution in [0, 0.1) is 0 Å². The van der Waals surface area contributed by atoms with Gasteiger partial charge in [0.2, 0.25) is 0 Å². The van der Waals surface area contributed by atoms with Crippen LogP contribution in [0.1, 0.15) is 5.56 Å². The number of methoxy groups -OCH3 is 2. The van der Waals surface area contributed by atoms with Gasteiger partial charge in [0.05, 0.1) is 34.0 Å². The molecule has 0 bridgehead atoms. The van der Waals surface area contributed by atoms with Crippen molar-refractivity contribution >= 4 is 0 Å². The monoisotopic (exact) mass is 224 g/mol. The van der Waals surface area contributed by atoms with Crippen LogP contribution in [0.2, 0.25) is 0 Å². The Hall–Kier alpha value is -1.26. The van der Waals surface area contributed by atoms with Crippen molar-refractivity contribution in [3.8, 4) is 11.5 Å². The molecule has 4 nitrogen and oxygen atoms in total. The van der Waals surface area contributed by atoms with Gasteiger partial charge in [-0.2, -0.15) is 0 Å². The molecule has 0 aromatic heterocycles. The van der Waals surface area contributed by atoms with Gasteiger partial charge >= 0.3 is 0 Å². The lowest BCUT2D eigenvalue weighted by Crippen LogP contribution is -2.01. The molecule has 1 saturated heterocycles. The molecule has 0 N–H and O–H groups in total. The van der Waals surface area contributed by atoms with E-state index in [9.17, 15) is 0 Å². The summed E-state index contributed by atoms with van der Waals surface area (Å²) < 4.78 is 20.9. The first-order chi connectivity index (χ1) is 7.81. The number of hydrogen-bond acceptors (Lipinski definition) is 4. The zero-order chi connectivity index (χ0) is 11.4. The second kappa shape index (κ2) is 5.18. The Morgan fingerprint density at radius 1 is 1.19 bits per heavy atom. The first-order valence-corrected chi connectivity index (χ1v) is 5.23. The topological polar surface area (TPSA) is 40.2 Å². The van der Waals surface area contributed by atoms with Crippen molar-refractivity contribution in [2.45, 2.75) is 12.7 Å². The Morgan fingerprint density at radius 2 is 1.81 bits per heavy atom. The standard InChI is InChI=1S/C12H16O4/c1-13-10-3-9(4-11(5-10)14-2)6-15-7-12-8-16-12/h3-5,12H,6-8H2,1-2H3/t12-/m0/s1. The summed E-state index contributed by atoms with van der Waals surface area (Å²) in [6, 6.07) is 5.72. The van der Waals surface area contributed by atoms with E-state index in [0.717, 1.165) is 23.7 Å². The molecule has 2 rings (SSSR count). The molecule has 88 valence electrons. The summed E-state index contributed by atoms with van der Waals surface area (Å²) in [6.07, 6.45) is 0.299. The highest BCUT2D eigenvalue weighted by Crippen LogP contribution is 2.23. The number of epoxide rings is 1. The molecule has 0 unspecified atom stereocenters. The van der Waals surface area contributed by atoms with Gasteiger partial charge in [-0.1, -0.05) is 0 Å². The fraction of sp³-hybridized carbons (Fsp3) is 0.500. The van der Waals surface area contributed by atoms with E-state index in [1.807, 2.05) is 18.2 Å². The van der Waals surface area contributed by atoms with Crippen molar-refractivity contribution in [2.75, 3.05) is 27.4 Å². The van der Waals surface area contributed by atoms with Crippen molar-refractivity contribution in [2.24, 2.45) is 0 Å². The van der Waals surface area contributed by atoms with E-state index in [0.29, 0.717) is 19.3 Å². The number of ether oxygens (including phenoxy) is 4. The normalized spacial score (nSPS) is 18.2. The van der Waals surface area contributed by atoms with Crippen LogP contribution in [-0.2, 0) is 16.1 Å². The van der Waals surface area contributed by atoms with E-state index < -0.39 is 0 Å². The van der Waals surface area contributed by atoms with Crippen LogP contribution in [0.15, 0.2) is 18.2 Å². The third kappa shape index (κ3) is 3.12. The van der Waals surface area contributed by atoms with E-state index >= 15 is 0 Å². The van der Waals surface area contributed by atoms with Gasteiger partial charge in [-0.3, -0.25) is 0 Å². The first-order valence-electron chi connectivity index (χ1n) is 5.23.